The van der Waals surface area contributed by atoms with E-state index in [1.165, 1.54) is 19.2 Å². The quantitative estimate of drug-likeness (QED) is 0.264. The van der Waals surface area contributed by atoms with Gasteiger partial charge in [-0.2, -0.15) is 11.8 Å². The number of thioether (sulfide) groups is 1. The molecule has 0 aliphatic carbocycles. The van der Waals surface area contributed by atoms with Crippen LogP contribution in [-0.4, -0.2) is 74.4 Å². The van der Waals surface area contributed by atoms with E-state index in [0.29, 0.717) is 12.5 Å². The summed E-state index contributed by atoms with van der Waals surface area (Å²) in [6, 6.07) is 5.00. The first-order valence-corrected chi connectivity index (χ1v) is 12.2. The fourth-order valence-electron chi connectivity index (χ4n) is 3.61. The van der Waals surface area contributed by atoms with Gasteiger partial charge in [-0.05, 0) is 48.9 Å². The van der Waals surface area contributed by atoms with Gasteiger partial charge in [-0.1, -0.05) is 19.9 Å². The zero-order valence-corrected chi connectivity index (χ0v) is 22.1. The Hall–Kier alpha value is -0.580. The van der Waals surface area contributed by atoms with Crippen LogP contribution in [0.2, 0.25) is 0 Å². The minimum atomic E-state index is -0.180. The lowest BCUT2D eigenvalue weighted by Crippen LogP contribution is -2.48. The molecular weight excluding hydrogens is 512 g/mol. The van der Waals surface area contributed by atoms with E-state index in [2.05, 4.69) is 41.2 Å². The average molecular weight is 552 g/mol. The molecule has 2 N–H and O–H groups in total. The number of piperazine rings is 1. The van der Waals surface area contributed by atoms with Crippen LogP contribution in [-0.2, 0) is 12.3 Å². The van der Waals surface area contributed by atoms with Crippen LogP contribution in [0.4, 0.5) is 4.39 Å². The van der Waals surface area contributed by atoms with Gasteiger partial charge < -0.3 is 20.4 Å². The van der Waals surface area contributed by atoms with E-state index in [1.54, 1.807) is 17.8 Å². The predicted molar refractivity (Wildman–Crippen MR) is 140 cm³/mol. The van der Waals surface area contributed by atoms with Gasteiger partial charge in [-0.3, -0.25) is 0 Å². The number of benzene rings is 1. The molecule has 0 spiro atoms. The Labute approximate surface area is 203 Å². The summed E-state index contributed by atoms with van der Waals surface area (Å²) in [6.45, 7) is 15.8. The Balaban J connectivity index is 0.00000450. The summed E-state index contributed by atoms with van der Waals surface area (Å²) in [5.74, 6) is 1.99. The Morgan fingerprint density at radius 3 is 2.47 bits per heavy atom. The fourth-order valence-corrected chi connectivity index (χ4v) is 4.19. The van der Waals surface area contributed by atoms with Crippen molar-refractivity contribution < 1.29 is 4.39 Å². The molecule has 0 aromatic heterocycles. The largest absolute Gasteiger partial charge is 0.357 e. The molecule has 1 saturated heterocycles. The first-order valence-electron chi connectivity index (χ1n) is 10.8. The van der Waals surface area contributed by atoms with Gasteiger partial charge in [-0.15, -0.1) is 24.0 Å². The molecule has 0 radical (unpaired) electrons. The van der Waals surface area contributed by atoms with Crippen molar-refractivity contribution >= 4 is 41.7 Å². The van der Waals surface area contributed by atoms with Gasteiger partial charge in [0.05, 0.1) is 6.54 Å². The summed E-state index contributed by atoms with van der Waals surface area (Å²) in [6.07, 6.45) is 2.03. The third-order valence-electron chi connectivity index (χ3n) is 5.32. The predicted octanol–water partition coefficient (Wildman–Crippen LogP) is 3.64. The number of rotatable bonds is 10. The molecule has 8 heteroatoms. The van der Waals surface area contributed by atoms with Crippen LogP contribution in [0.15, 0.2) is 23.2 Å². The maximum Gasteiger partial charge on any atom is 0.191 e. The van der Waals surface area contributed by atoms with Crippen LogP contribution in [0, 0.1) is 11.7 Å². The third-order valence-corrected chi connectivity index (χ3v) is 5.92. The molecule has 1 aromatic rings. The van der Waals surface area contributed by atoms with E-state index in [-0.39, 0.29) is 29.8 Å². The molecule has 1 heterocycles. The fraction of sp³-hybridized carbons (Fsp3) is 0.682. The number of nitrogens with zero attached hydrogens (tertiary/aromatic N) is 3. The molecule has 1 aromatic carbocycles. The number of halogens is 2. The van der Waals surface area contributed by atoms with E-state index in [0.717, 1.165) is 62.1 Å². The normalized spacial score (nSPS) is 16.8. The zero-order chi connectivity index (χ0) is 21.1. The van der Waals surface area contributed by atoms with Crippen molar-refractivity contribution in [3.8, 4) is 0 Å². The standard InChI is InChI=1S/C22H38FN5S.HI/c1-5-24-22(26-15-19-7-8-21(23)13-20(19)17-29-4)25-14-18(3)16-28-11-9-27(6-2)10-12-28;/h7-8,13,18H,5-6,9-12,14-17H2,1-4H3,(H2,24,25,26);1H. The first-order chi connectivity index (χ1) is 14.0. The van der Waals surface area contributed by atoms with Gasteiger partial charge in [-0.25, -0.2) is 9.38 Å². The lowest BCUT2D eigenvalue weighted by molar-refractivity contribution is 0.124. The molecule has 2 rings (SSSR count). The van der Waals surface area contributed by atoms with E-state index in [9.17, 15) is 4.39 Å². The van der Waals surface area contributed by atoms with Crippen LogP contribution in [0.5, 0.6) is 0 Å². The number of hydrogen-bond donors (Lipinski definition) is 2. The highest BCUT2D eigenvalue weighted by molar-refractivity contribution is 14.0. The number of hydrogen-bond acceptors (Lipinski definition) is 4. The Kier molecular flexibility index (Phi) is 14.0. The van der Waals surface area contributed by atoms with Gasteiger partial charge >= 0.3 is 0 Å². The SMILES string of the molecule is CCNC(=NCc1ccc(F)cc1CSC)NCC(C)CN1CCN(CC)CC1.I. The minimum absolute atomic E-state index is 0. The van der Waals surface area contributed by atoms with Gasteiger partial charge in [0.15, 0.2) is 5.96 Å². The molecule has 5 nitrogen and oxygen atoms in total. The van der Waals surface area contributed by atoms with Gasteiger partial charge in [0, 0.05) is 51.6 Å². The monoisotopic (exact) mass is 551 g/mol. The molecule has 0 saturated carbocycles. The maximum absolute atomic E-state index is 13.6. The van der Waals surface area contributed by atoms with Crippen molar-refractivity contribution in [3.05, 3.63) is 35.1 Å². The van der Waals surface area contributed by atoms with Crippen molar-refractivity contribution in [3.63, 3.8) is 0 Å². The Bertz CT molecular complexity index is 638. The summed E-state index contributed by atoms with van der Waals surface area (Å²) < 4.78 is 13.6. The summed E-state index contributed by atoms with van der Waals surface area (Å²) in [4.78, 5) is 9.81. The lowest BCUT2D eigenvalue weighted by atomic mass is 10.1. The van der Waals surface area contributed by atoms with Crippen molar-refractivity contribution in [1.82, 2.24) is 20.4 Å². The highest BCUT2D eigenvalue weighted by atomic mass is 127. The second-order valence-corrected chi connectivity index (χ2v) is 8.63. The van der Waals surface area contributed by atoms with Gasteiger partial charge in [0.25, 0.3) is 0 Å². The second-order valence-electron chi connectivity index (χ2n) is 7.76. The number of nitrogens with one attached hydrogen (secondary N) is 2. The smallest absolute Gasteiger partial charge is 0.191 e. The van der Waals surface area contributed by atoms with Crippen LogP contribution >= 0.6 is 35.7 Å². The van der Waals surface area contributed by atoms with E-state index in [1.807, 2.05) is 12.3 Å². The Morgan fingerprint density at radius 1 is 1.13 bits per heavy atom. The molecule has 1 fully saturated rings. The molecule has 1 aliphatic rings. The average Bonchev–Trinajstić information content (AvgIpc) is 2.72. The van der Waals surface area contributed by atoms with Crippen LogP contribution in [0.25, 0.3) is 0 Å². The van der Waals surface area contributed by atoms with Gasteiger partial charge in [0.2, 0.25) is 0 Å². The molecule has 1 atom stereocenters. The highest BCUT2D eigenvalue weighted by Gasteiger charge is 2.17. The summed E-state index contributed by atoms with van der Waals surface area (Å²) in [5, 5.41) is 6.81. The van der Waals surface area contributed by atoms with Crippen molar-refractivity contribution in [2.75, 3.05) is 58.6 Å². The molecule has 172 valence electrons. The second kappa shape index (κ2) is 15.3. The third kappa shape index (κ3) is 9.70. The molecule has 1 unspecified atom stereocenters. The summed E-state index contributed by atoms with van der Waals surface area (Å²) in [5.41, 5.74) is 2.11. The lowest BCUT2D eigenvalue weighted by Gasteiger charge is -2.35. The number of aliphatic imine (C=N–C) groups is 1. The van der Waals surface area contributed by atoms with Crippen LogP contribution in [0.3, 0.4) is 0 Å². The van der Waals surface area contributed by atoms with Crippen molar-refractivity contribution in [2.24, 2.45) is 10.9 Å². The van der Waals surface area contributed by atoms with E-state index >= 15 is 0 Å². The van der Waals surface area contributed by atoms with Crippen LogP contribution < -0.4 is 10.6 Å². The van der Waals surface area contributed by atoms with Gasteiger partial charge in [0.1, 0.15) is 5.82 Å². The molecular formula is C22H39FIN5S. The van der Waals surface area contributed by atoms with Crippen LogP contribution in [0.1, 0.15) is 31.9 Å². The molecule has 30 heavy (non-hydrogen) atoms. The number of guanidine groups is 1. The zero-order valence-electron chi connectivity index (χ0n) is 18.9. The number of likely N-dealkylation sites (N-methyl/N-ethyl adjacent to an activating group) is 1. The minimum Gasteiger partial charge on any atom is -0.357 e. The molecule has 1 aliphatic heterocycles. The summed E-state index contributed by atoms with van der Waals surface area (Å²) >= 11 is 1.70. The Morgan fingerprint density at radius 2 is 1.83 bits per heavy atom. The van der Waals surface area contributed by atoms with E-state index < -0.39 is 0 Å². The topological polar surface area (TPSA) is 42.9 Å². The van der Waals surface area contributed by atoms with Crippen molar-refractivity contribution in [1.29, 1.82) is 0 Å². The highest BCUT2D eigenvalue weighted by Crippen LogP contribution is 2.17. The van der Waals surface area contributed by atoms with E-state index in [4.69, 9.17) is 4.99 Å². The van der Waals surface area contributed by atoms with Crippen molar-refractivity contribution in [2.45, 2.75) is 33.1 Å². The first kappa shape index (κ1) is 27.5. The molecule has 0 amide bonds. The molecule has 0 bridgehead atoms. The maximum atomic E-state index is 13.6. The summed E-state index contributed by atoms with van der Waals surface area (Å²) in [7, 11) is 0.